The van der Waals surface area contributed by atoms with Gasteiger partial charge in [0.05, 0.1) is 12.0 Å². The maximum Gasteiger partial charge on any atom is 0.260 e. The Hall–Kier alpha value is -1.31. The standard InChI is InChI=1S/C18H17BrN2O2S2/c19-11-5-7-12(8-6-11)23-9-10-24-18-20-16(22)15-13-3-1-2-4-14(13)25-17(15)21-18/h5-8H,1-4,9-10H2,(H,20,21,22). The van der Waals surface area contributed by atoms with Crippen LogP contribution in [0.1, 0.15) is 23.3 Å². The molecular formula is C18H17BrN2O2S2. The average Bonchev–Trinajstić information content (AvgIpc) is 2.99. The molecule has 1 aromatic carbocycles. The maximum atomic E-state index is 12.5. The van der Waals surface area contributed by atoms with Crippen LogP contribution in [-0.2, 0) is 12.8 Å². The van der Waals surface area contributed by atoms with E-state index >= 15 is 0 Å². The minimum absolute atomic E-state index is 0.000674. The Labute approximate surface area is 162 Å². The van der Waals surface area contributed by atoms with Crippen LogP contribution in [0.25, 0.3) is 10.2 Å². The Morgan fingerprint density at radius 3 is 2.88 bits per heavy atom. The van der Waals surface area contributed by atoms with Crippen LogP contribution in [0.2, 0.25) is 0 Å². The number of fused-ring (bicyclic) bond motifs is 3. The highest BCUT2D eigenvalue weighted by Gasteiger charge is 2.19. The first-order valence-corrected chi connectivity index (χ1v) is 10.9. The van der Waals surface area contributed by atoms with E-state index in [-0.39, 0.29) is 5.56 Å². The second-order valence-corrected chi connectivity index (χ2v) is 9.00. The van der Waals surface area contributed by atoms with Gasteiger partial charge in [-0.1, -0.05) is 27.7 Å². The lowest BCUT2D eigenvalue weighted by Gasteiger charge is -2.09. The van der Waals surface area contributed by atoms with Gasteiger partial charge in [-0.05, 0) is 55.5 Å². The van der Waals surface area contributed by atoms with Crippen molar-refractivity contribution in [3.63, 3.8) is 0 Å². The first kappa shape index (κ1) is 17.1. The Kier molecular flexibility index (Phi) is 5.15. The number of aromatic nitrogens is 2. The Morgan fingerprint density at radius 2 is 2.04 bits per heavy atom. The summed E-state index contributed by atoms with van der Waals surface area (Å²) in [5, 5.41) is 1.49. The van der Waals surface area contributed by atoms with Gasteiger partial charge in [0.25, 0.3) is 5.56 Å². The number of hydrogen-bond donors (Lipinski definition) is 1. The van der Waals surface area contributed by atoms with Gasteiger partial charge in [0, 0.05) is 15.1 Å². The third kappa shape index (κ3) is 3.78. The molecule has 2 aromatic heterocycles. The van der Waals surface area contributed by atoms with Crippen LogP contribution in [0, 0.1) is 0 Å². The first-order chi connectivity index (χ1) is 12.2. The molecule has 1 N–H and O–H groups in total. The van der Waals surface area contributed by atoms with Gasteiger partial charge in [-0.25, -0.2) is 4.98 Å². The summed E-state index contributed by atoms with van der Waals surface area (Å²) in [5.74, 6) is 1.57. The van der Waals surface area contributed by atoms with E-state index in [2.05, 4.69) is 25.9 Å². The predicted octanol–water partition coefficient (Wildman–Crippen LogP) is 4.80. The van der Waals surface area contributed by atoms with E-state index in [1.165, 1.54) is 35.0 Å². The van der Waals surface area contributed by atoms with Crippen LogP contribution in [0.4, 0.5) is 0 Å². The van der Waals surface area contributed by atoms with E-state index in [9.17, 15) is 4.79 Å². The lowest BCUT2D eigenvalue weighted by molar-refractivity contribution is 0.344. The molecule has 0 fully saturated rings. The fourth-order valence-corrected chi connectivity index (χ4v) is 5.31. The van der Waals surface area contributed by atoms with Crippen molar-refractivity contribution in [2.45, 2.75) is 30.8 Å². The molecule has 1 aliphatic carbocycles. The molecule has 2 heterocycles. The molecule has 0 amide bonds. The molecule has 0 saturated heterocycles. The van der Waals surface area contributed by atoms with Crippen molar-refractivity contribution in [3.8, 4) is 5.75 Å². The van der Waals surface area contributed by atoms with Crippen molar-refractivity contribution in [2.24, 2.45) is 0 Å². The summed E-state index contributed by atoms with van der Waals surface area (Å²) in [6, 6.07) is 7.76. The fraction of sp³-hybridized carbons (Fsp3) is 0.333. The smallest absolute Gasteiger partial charge is 0.260 e. The monoisotopic (exact) mass is 436 g/mol. The summed E-state index contributed by atoms with van der Waals surface area (Å²) in [5.41, 5.74) is 1.23. The van der Waals surface area contributed by atoms with Crippen LogP contribution in [-0.4, -0.2) is 22.3 Å². The highest BCUT2D eigenvalue weighted by molar-refractivity contribution is 9.10. The van der Waals surface area contributed by atoms with Crippen LogP contribution in [0.3, 0.4) is 0 Å². The van der Waals surface area contributed by atoms with E-state index in [4.69, 9.17) is 4.74 Å². The molecule has 0 saturated carbocycles. The molecule has 0 radical (unpaired) electrons. The number of H-pyrrole nitrogens is 1. The van der Waals surface area contributed by atoms with Gasteiger partial charge in [-0.2, -0.15) is 0 Å². The van der Waals surface area contributed by atoms with Gasteiger partial charge in [-0.3, -0.25) is 4.79 Å². The molecule has 4 rings (SSSR count). The molecule has 0 unspecified atom stereocenters. The molecule has 4 nitrogen and oxygen atoms in total. The zero-order chi connectivity index (χ0) is 17.2. The Morgan fingerprint density at radius 1 is 1.24 bits per heavy atom. The van der Waals surface area contributed by atoms with Crippen molar-refractivity contribution < 1.29 is 4.74 Å². The van der Waals surface area contributed by atoms with E-state index in [1.54, 1.807) is 11.3 Å². The lowest BCUT2D eigenvalue weighted by atomic mass is 9.97. The number of halogens is 1. The summed E-state index contributed by atoms with van der Waals surface area (Å²) in [6.07, 6.45) is 4.47. The minimum atomic E-state index is 0.000674. The van der Waals surface area contributed by atoms with E-state index < -0.39 is 0 Å². The number of thioether (sulfide) groups is 1. The molecular weight excluding hydrogens is 420 g/mol. The lowest BCUT2D eigenvalue weighted by Crippen LogP contribution is -2.11. The molecule has 0 aliphatic heterocycles. The van der Waals surface area contributed by atoms with Crippen LogP contribution in [0.5, 0.6) is 5.75 Å². The normalized spacial score (nSPS) is 13.8. The SMILES string of the molecule is O=c1[nH]c(SCCOc2ccc(Br)cc2)nc2sc3c(c12)CCCC3. The highest BCUT2D eigenvalue weighted by Crippen LogP contribution is 2.34. The van der Waals surface area contributed by atoms with E-state index in [1.807, 2.05) is 24.3 Å². The number of rotatable bonds is 5. The molecule has 1 aliphatic rings. The summed E-state index contributed by atoms with van der Waals surface area (Å²) in [6.45, 7) is 0.564. The summed E-state index contributed by atoms with van der Waals surface area (Å²) in [4.78, 5) is 22.3. The summed E-state index contributed by atoms with van der Waals surface area (Å²) in [7, 11) is 0. The predicted molar refractivity (Wildman–Crippen MR) is 107 cm³/mol. The largest absolute Gasteiger partial charge is 0.493 e. The van der Waals surface area contributed by atoms with Crippen molar-refractivity contribution in [1.82, 2.24) is 9.97 Å². The van der Waals surface area contributed by atoms with Crippen molar-refractivity contribution in [2.75, 3.05) is 12.4 Å². The topological polar surface area (TPSA) is 55.0 Å². The number of nitrogens with zero attached hydrogens (tertiary/aromatic N) is 1. The number of nitrogens with one attached hydrogen (secondary N) is 1. The summed E-state index contributed by atoms with van der Waals surface area (Å²) >= 11 is 6.61. The molecule has 0 atom stereocenters. The third-order valence-electron chi connectivity index (χ3n) is 4.21. The third-order valence-corrected chi connectivity index (χ3v) is 6.76. The Bertz CT molecular complexity index is 950. The van der Waals surface area contributed by atoms with Gasteiger partial charge in [0.15, 0.2) is 5.16 Å². The van der Waals surface area contributed by atoms with Crippen molar-refractivity contribution in [1.29, 1.82) is 0 Å². The van der Waals surface area contributed by atoms with Crippen LogP contribution >= 0.6 is 39.0 Å². The molecule has 7 heteroatoms. The number of thiophene rings is 1. The van der Waals surface area contributed by atoms with Gasteiger partial charge in [-0.15, -0.1) is 11.3 Å². The number of hydrogen-bond acceptors (Lipinski definition) is 5. The molecule has 0 spiro atoms. The minimum Gasteiger partial charge on any atom is -0.493 e. The average molecular weight is 437 g/mol. The molecule has 0 bridgehead atoms. The van der Waals surface area contributed by atoms with Gasteiger partial charge in [0.1, 0.15) is 10.6 Å². The quantitative estimate of drug-likeness (QED) is 0.354. The second-order valence-electron chi connectivity index (χ2n) is 5.91. The van der Waals surface area contributed by atoms with Gasteiger partial charge >= 0.3 is 0 Å². The zero-order valence-electron chi connectivity index (χ0n) is 13.5. The van der Waals surface area contributed by atoms with E-state index in [0.717, 1.165) is 39.0 Å². The molecule has 3 aromatic rings. The first-order valence-electron chi connectivity index (χ1n) is 8.26. The van der Waals surface area contributed by atoms with Gasteiger partial charge in [0.2, 0.25) is 0 Å². The summed E-state index contributed by atoms with van der Waals surface area (Å²) < 4.78 is 6.74. The fourth-order valence-electron chi connectivity index (χ4n) is 3.04. The number of aryl methyl sites for hydroxylation is 2. The van der Waals surface area contributed by atoms with Crippen molar-refractivity contribution in [3.05, 3.63) is 49.5 Å². The second kappa shape index (κ2) is 7.51. The van der Waals surface area contributed by atoms with Crippen LogP contribution < -0.4 is 10.3 Å². The van der Waals surface area contributed by atoms with Crippen molar-refractivity contribution >= 4 is 49.2 Å². The highest BCUT2D eigenvalue weighted by atomic mass is 79.9. The van der Waals surface area contributed by atoms with Gasteiger partial charge < -0.3 is 9.72 Å². The Balaban J connectivity index is 1.43. The zero-order valence-corrected chi connectivity index (χ0v) is 16.7. The van der Waals surface area contributed by atoms with E-state index in [0.29, 0.717) is 11.8 Å². The number of ether oxygens (including phenoxy) is 1. The molecule has 25 heavy (non-hydrogen) atoms. The maximum absolute atomic E-state index is 12.5. The van der Waals surface area contributed by atoms with Crippen LogP contribution in [0.15, 0.2) is 38.7 Å². The molecule has 130 valence electrons. The number of benzene rings is 1. The number of aromatic amines is 1.